The maximum absolute atomic E-state index is 12.9. The number of fused-ring (bicyclic) bond motifs is 2. The second-order valence-corrected chi connectivity index (χ2v) is 15.6. The zero-order valence-electron chi connectivity index (χ0n) is 29.2. The zero-order chi connectivity index (χ0) is 36.6. The summed E-state index contributed by atoms with van der Waals surface area (Å²) in [6, 6.07) is 11.3. The van der Waals surface area contributed by atoms with Gasteiger partial charge in [0.05, 0.1) is 56.7 Å². The average Bonchev–Trinajstić information content (AvgIpc) is 3.71. The lowest BCUT2D eigenvalue weighted by molar-refractivity contribution is -0.150. The van der Waals surface area contributed by atoms with Crippen LogP contribution in [0.4, 0.5) is 5.69 Å². The van der Waals surface area contributed by atoms with Crippen LogP contribution in [0, 0.1) is 17.9 Å². The molecule has 5 atom stereocenters. The highest BCUT2D eigenvalue weighted by atomic mass is 31.2. The molecule has 4 aliphatic rings. The number of carbonyl (C=O) groups excluding carboxylic acids is 2. The SMILES string of the molecule is [C-]#[N+]c1ccc2c(c1)[C@@H](N1CCCC1=O)[C@H](OCCOP(=O)(O)OCCO[C@H]1[C@H](N3CCCC3=O)c3cc(C#N)ccc3OC1(C)C)C(C)(C)O2. The Morgan fingerprint density at radius 2 is 1.35 bits per heavy atom. The predicted octanol–water partition coefficient (Wildman–Crippen LogP) is 5.38. The van der Waals surface area contributed by atoms with E-state index in [9.17, 15) is 24.3 Å². The Balaban J connectivity index is 1.07. The number of nitriles is 1. The van der Waals surface area contributed by atoms with Crippen LogP contribution in [0.5, 0.6) is 11.5 Å². The van der Waals surface area contributed by atoms with Gasteiger partial charge < -0.3 is 33.6 Å². The van der Waals surface area contributed by atoms with Crippen LogP contribution < -0.4 is 9.47 Å². The minimum absolute atomic E-state index is 0.0187. The van der Waals surface area contributed by atoms with Crippen molar-refractivity contribution < 1.29 is 47.0 Å². The lowest BCUT2D eigenvalue weighted by atomic mass is 9.84. The van der Waals surface area contributed by atoms with Crippen molar-refractivity contribution >= 4 is 25.3 Å². The topological polar surface area (TPSA) is 161 Å². The molecule has 15 heteroatoms. The predicted molar refractivity (Wildman–Crippen MR) is 182 cm³/mol. The summed E-state index contributed by atoms with van der Waals surface area (Å²) in [6.07, 6.45) is 0.885. The van der Waals surface area contributed by atoms with Gasteiger partial charge >= 0.3 is 7.82 Å². The van der Waals surface area contributed by atoms with E-state index in [0.717, 1.165) is 0 Å². The van der Waals surface area contributed by atoms with E-state index in [1.807, 2.05) is 27.7 Å². The summed E-state index contributed by atoms with van der Waals surface area (Å²) in [5.74, 6) is 1.09. The molecule has 2 aromatic carbocycles. The molecule has 2 fully saturated rings. The lowest BCUT2D eigenvalue weighted by Gasteiger charge is -2.47. The third-order valence-electron chi connectivity index (χ3n) is 9.75. The number of carbonyl (C=O) groups is 2. The van der Waals surface area contributed by atoms with Gasteiger partial charge in [-0.2, -0.15) is 5.26 Å². The number of likely N-dealkylation sites (tertiary alicyclic amines) is 2. The monoisotopic (exact) mass is 722 g/mol. The maximum Gasteiger partial charge on any atom is 0.472 e. The smallest absolute Gasteiger partial charge is 0.472 e. The van der Waals surface area contributed by atoms with Crippen molar-refractivity contribution in [2.24, 2.45) is 0 Å². The van der Waals surface area contributed by atoms with Crippen molar-refractivity contribution in [1.29, 1.82) is 5.26 Å². The number of rotatable bonds is 12. The van der Waals surface area contributed by atoms with Crippen molar-refractivity contribution in [3.8, 4) is 17.6 Å². The number of ether oxygens (including phenoxy) is 4. The summed E-state index contributed by atoms with van der Waals surface area (Å²) >= 11 is 0. The van der Waals surface area contributed by atoms with Crippen LogP contribution in [0.25, 0.3) is 4.85 Å². The molecule has 1 unspecified atom stereocenters. The molecular weight excluding hydrogens is 679 g/mol. The Labute approximate surface area is 297 Å². The van der Waals surface area contributed by atoms with Gasteiger partial charge in [-0.05, 0) is 70.9 Å². The first-order chi connectivity index (χ1) is 24.2. The Morgan fingerprint density at radius 3 is 1.80 bits per heavy atom. The van der Waals surface area contributed by atoms with E-state index in [1.54, 1.807) is 46.2 Å². The number of hydrogen-bond acceptors (Lipinski definition) is 10. The van der Waals surface area contributed by atoms with Crippen molar-refractivity contribution in [2.45, 2.75) is 88.9 Å². The molecule has 6 rings (SSSR count). The summed E-state index contributed by atoms with van der Waals surface area (Å²) in [4.78, 5) is 43.3. The molecule has 0 spiro atoms. The van der Waals surface area contributed by atoms with E-state index >= 15 is 0 Å². The molecule has 14 nitrogen and oxygen atoms in total. The van der Waals surface area contributed by atoms with Gasteiger partial charge in [-0.25, -0.2) is 9.41 Å². The Hall–Kier alpha value is -4.01. The molecule has 0 aromatic heterocycles. The van der Waals surface area contributed by atoms with Crippen molar-refractivity contribution in [3.05, 3.63) is 64.5 Å². The molecule has 0 aliphatic carbocycles. The Kier molecular flexibility index (Phi) is 10.5. The quantitative estimate of drug-likeness (QED) is 0.170. The molecule has 2 saturated heterocycles. The van der Waals surface area contributed by atoms with E-state index < -0.39 is 43.3 Å². The van der Waals surface area contributed by atoms with Crippen LogP contribution in [0.2, 0.25) is 0 Å². The summed E-state index contributed by atoms with van der Waals surface area (Å²) in [5.41, 5.74) is 0.410. The number of nitrogens with zero attached hydrogens (tertiary/aromatic N) is 4. The van der Waals surface area contributed by atoms with Crippen LogP contribution in [-0.4, -0.2) is 89.4 Å². The van der Waals surface area contributed by atoms with Crippen LogP contribution in [-0.2, 0) is 32.7 Å². The lowest BCUT2D eigenvalue weighted by Crippen LogP contribution is -2.55. The molecule has 51 heavy (non-hydrogen) atoms. The fraction of sp³-hybridized carbons (Fsp3) is 0.556. The van der Waals surface area contributed by atoms with Gasteiger partial charge in [-0.3, -0.25) is 18.6 Å². The molecule has 2 aromatic rings. The summed E-state index contributed by atoms with van der Waals surface area (Å²) < 4.78 is 48.3. The molecule has 4 aliphatic heterocycles. The fourth-order valence-electron chi connectivity index (χ4n) is 7.51. The van der Waals surface area contributed by atoms with Crippen LogP contribution in [0.3, 0.4) is 0 Å². The molecular formula is C36H43N4O10P. The first-order valence-corrected chi connectivity index (χ1v) is 18.6. The summed E-state index contributed by atoms with van der Waals surface area (Å²) in [5, 5.41) is 9.53. The van der Waals surface area contributed by atoms with Gasteiger partial charge in [0.2, 0.25) is 11.8 Å². The van der Waals surface area contributed by atoms with Gasteiger partial charge in [0, 0.05) is 37.1 Å². The van der Waals surface area contributed by atoms with E-state index in [4.69, 9.17) is 34.6 Å². The molecule has 0 radical (unpaired) electrons. The number of phosphoric ester groups is 1. The number of hydrogen-bond donors (Lipinski definition) is 1. The zero-order valence-corrected chi connectivity index (χ0v) is 30.1. The van der Waals surface area contributed by atoms with Gasteiger partial charge in [0.25, 0.3) is 0 Å². The highest BCUT2D eigenvalue weighted by Gasteiger charge is 2.50. The molecule has 0 saturated carbocycles. The second-order valence-electron chi connectivity index (χ2n) is 14.1. The van der Waals surface area contributed by atoms with E-state index in [1.165, 1.54) is 0 Å². The van der Waals surface area contributed by atoms with Gasteiger partial charge in [-0.15, -0.1) is 0 Å². The van der Waals surface area contributed by atoms with Gasteiger partial charge in [0.15, 0.2) is 5.69 Å². The maximum atomic E-state index is 12.9. The molecule has 1 N–H and O–H groups in total. The third-order valence-corrected chi connectivity index (χ3v) is 10.8. The highest BCUT2D eigenvalue weighted by Crippen LogP contribution is 2.49. The summed E-state index contributed by atoms with van der Waals surface area (Å²) in [7, 11) is -4.54. The van der Waals surface area contributed by atoms with Gasteiger partial charge in [0.1, 0.15) is 34.9 Å². The van der Waals surface area contributed by atoms with Crippen molar-refractivity contribution in [1.82, 2.24) is 9.80 Å². The largest absolute Gasteiger partial charge is 0.485 e. The highest BCUT2D eigenvalue weighted by molar-refractivity contribution is 7.47. The molecule has 4 heterocycles. The normalized spacial score (nSPS) is 25.9. The van der Waals surface area contributed by atoms with Crippen LogP contribution in [0.15, 0.2) is 36.4 Å². The van der Waals surface area contributed by atoms with Crippen LogP contribution in [0.1, 0.15) is 82.2 Å². The first-order valence-electron chi connectivity index (χ1n) is 17.1. The Bertz CT molecular complexity index is 1680. The average molecular weight is 723 g/mol. The first kappa shape index (κ1) is 36.8. The van der Waals surface area contributed by atoms with Gasteiger partial charge in [-0.1, -0.05) is 6.07 Å². The minimum Gasteiger partial charge on any atom is -0.485 e. The van der Waals surface area contributed by atoms with Crippen molar-refractivity contribution in [2.75, 3.05) is 39.5 Å². The van der Waals surface area contributed by atoms with Crippen LogP contribution >= 0.6 is 7.82 Å². The van der Waals surface area contributed by atoms with E-state index in [0.29, 0.717) is 72.6 Å². The second kappa shape index (κ2) is 14.5. The van der Waals surface area contributed by atoms with E-state index in [2.05, 4.69) is 10.9 Å². The molecule has 2 amide bonds. The Morgan fingerprint density at radius 1 is 0.863 bits per heavy atom. The fourth-order valence-corrected chi connectivity index (χ4v) is 8.19. The molecule has 0 bridgehead atoms. The number of phosphoric acid groups is 1. The standard InChI is InChI=1S/C36H43N4O10P/c1-35(2)33(31(39-14-6-8-29(39)41)25-20-23(22-37)10-12-27(25)49-35)45-16-18-47-51(43,44)48-19-17-46-34-32(40-15-7-9-30(40)42)26-21-24(38-5)11-13-28(26)50-36(34,3)4/h10-13,20-21,31-34H,6-9,14-19H2,1-4H3,(H,43,44)/t31-,32-,33+,34+/m1/s1. The molecule has 272 valence electrons. The summed E-state index contributed by atoms with van der Waals surface area (Å²) in [6.45, 7) is 15.1. The number of benzene rings is 2. The minimum atomic E-state index is -4.54. The third kappa shape index (κ3) is 7.63. The van der Waals surface area contributed by atoms with Crippen molar-refractivity contribution in [3.63, 3.8) is 0 Å². The number of amides is 2. The van der Waals surface area contributed by atoms with E-state index in [-0.39, 0.29) is 38.2 Å².